The van der Waals surface area contributed by atoms with Gasteiger partial charge in [0.25, 0.3) is 0 Å². The van der Waals surface area contributed by atoms with Crippen LogP contribution in [0.2, 0.25) is 0 Å². The van der Waals surface area contributed by atoms with Crippen molar-refractivity contribution < 1.29 is 13.2 Å². The molecular formula is C13H17N3O4S. The number of ether oxygens (including phenoxy) is 1. The van der Waals surface area contributed by atoms with Crippen LogP contribution < -0.4 is 5.69 Å². The molecule has 2 heterocycles. The molecule has 0 spiro atoms. The normalized spacial score (nSPS) is 24.5. The SMILES string of the molecule is CC1OCCN(S(=O)(=O)c2ccc3[nH]c(=O)[nH]c3c2)C1C. The summed E-state index contributed by atoms with van der Waals surface area (Å²) in [4.78, 5) is 16.6. The number of fused-ring (bicyclic) bond motifs is 1. The molecule has 1 aromatic carbocycles. The van der Waals surface area contributed by atoms with Crippen LogP contribution in [0.4, 0.5) is 0 Å². The molecule has 2 unspecified atom stereocenters. The number of hydrogen-bond donors (Lipinski definition) is 2. The van der Waals surface area contributed by atoms with E-state index in [-0.39, 0.29) is 22.7 Å². The zero-order chi connectivity index (χ0) is 15.2. The standard InChI is InChI=1S/C13H17N3O4S/c1-8-9(2)20-6-5-16(8)21(18,19)10-3-4-11-12(7-10)15-13(17)14-11/h3-4,7-9H,5-6H2,1-2H3,(H2,14,15,17). The molecule has 0 radical (unpaired) electrons. The van der Waals surface area contributed by atoms with Crippen molar-refractivity contribution in [3.63, 3.8) is 0 Å². The summed E-state index contributed by atoms with van der Waals surface area (Å²) in [5, 5.41) is 0. The highest BCUT2D eigenvalue weighted by atomic mass is 32.2. The number of aromatic nitrogens is 2. The average Bonchev–Trinajstić information content (AvgIpc) is 2.80. The predicted octanol–water partition coefficient (Wildman–Crippen LogP) is 0.654. The molecule has 0 amide bonds. The van der Waals surface area contributed by atoms with E-state index in [0.717, 1.165) is 0 Å². The third-order valence-electron chi connectivity index (χ3n) is 3.92. The molecule has 0 aliphatic carbocycles. The molecule has 1 aromatic heterocycles. The van der Waals surface area contributed by atoms with Gasteiger partial charge in [0.2, 0.25) is 10.0 Å². The number of imidazole rings is 1. The fourth-order valence-electron chi connectivity index (χ4n) is 2.55. The molecule has 1 saturated heterocycles. The van der Waals surface area contributed by atoms with Crippen molar-refractivity contribution in [2.45, 2.75) is 30.9 Å². The summed E-state index contributed by atoms with van der Waals surface area (Å²) in [5.41, 5.74) is 0.713. The van der Waals surface area contributed by atoms with Crippen molar-refractivity contribution in [1.82, 2.24) is 14.3 Å². The second-order valence-corrected chi connectivity index (χ2v) is 7.11. The number of sulfonamides is 1. The Balaban J connectivity index is 2.04. The van der Waals surface area contributed by atoms with Gasteiger partial charge in [-0.2, -0.15) is 4.31 Å². The highest BCUT2D eigenvalue weighted by Gasteiger charge is 2.35. The highest BCUT2D eigenvalue weighted by Crippen LogP contribution is 2.24. The second-order valence-electron chi connectivity index (χ2n) is 5.22. The van der Waals surface area contributed by atoms with Crippen LogP contribution in [-0.4, -0.2) is 48.0 Å². The largest absolute Gasteiger partial charge is 0.375 e. The van der Waals surface area contributed by atoms with Crippen LogP contribution in [0.3, 0.4) is 0 Å². The molecule has 2 aromatic rings. The Morgan fingerprint density at radius 2 is 1.95 bits per heavy atom. The number of nitrogens with one attached hydrogen (secondary N) is 2. The van der Waals surface area contributed by atoms with Crippen molar-refractivity contribution in [3.8, 4) is 0 Å². The predicted molar refractivity (Wildman–Crippen MR) is 77.7 cm³/mol. The Hall–Kier alpha value is -1.64. The van der Waals surface area contributed by atoms with Gasteiger partial charge in [-0.3, -0.25) is 0 Å². The minimum absolute atomic E-state index is 0.149. The van der Waals surface area contributed by atoms with E-state index in [9.17, 15) is 13.2 Å². The fraction of sp³-hybridized carbons (Fsp3) is 0.462. The molecule has 7 nitrogen and oxygen atoms in total. The van der Waals surface area contributed by atoms with Crippen LogP contribution in [0, 0.1) is 0 Å². The topological polar surface area (TPSA) is 95.3 Å². The molecule has 114 valence electrons. The number of benzene rings is 1. The lowest BCUT2D eigenvalue weighted by molar-refractivity contribution is -0.0231. The summed E-state index contributed by atoms with van der Waals surface area (Å²) in [6.45, 7) is 4.40. The highest BCUT2D eigenvalue weighted by molar-refractivity contribution is 7.89. The number of morpholine rings is 1. The number of nitrogens with zero attached hydrogens (tertiary/aromatic N) is 1. The van der Waals surface area contributed by atoms with Gasteiger partial charge in [-0.15, -0.1) is 0 Å². The first-order chi connectivity index (χ1) is 9.89. The van der Waals surface area contributed by atoms with Crippen LogP contribution in [-0.2, 0) is 14.8 Å². The van der Waals surface area contributed by atoms with Gasteiger partial charge in [0.05, 0.1) is 28.6 Å². The molecule has 1 fully saturated rings. The molecule has 8 heteroatoms. The zero-order valence-corrected chi connectivity index (χ0v) is 12.6. The first-order valence-corrected chi connectivity index (χ1v) is 8.19. The third-order valence-corrected chi connectivity index (χ3v) is 5.90. The number of rotatable bonds is 2. The monoisotopic (exact) mass is 311 g/mol. The molecule has 2 N–H and O–H groups in total. The van der Waals surface area contributed by atoms with Crippen molar-refractivity contribution in [1.29, 1.82) is 0 Å². The Kier molecular flexibility index (Phi) is 3.39. The molecule has 2 atom stereocenters. The Morgan fingerprint density at radius 1 is 1.24 bits per heavy atom. The van der Waals surface area contributed by atoms with E-state index in [1.165, 1.54) is 16.4 Å². The van der Waals surface area contributed by atoms with Crippen LogP contribution >= 0.6 is 0 Å². The van der Waals surface area contributed by atoms with E-state index >= 15 is 0 Å². The first kappa shape index (κ1) is 14.3. The molecule has 3 rings (SSSR count). The van der Waals surface area contributed by atoms with E-state index in [4.69, 9.17) is 4.74 Å². The summed E-state index contributed by atoms with van der Waals surface area (Å²) in [5.74, 6) is 0. The number of aromatic amines is 2. The molecule has 1 aliphatic rings. The lowest BCUT2D eigenvalue weighted by Crippen LogP contribution is -2.51. The summed E-state index contributed by atoms with van der Waals surface area (Å²) < 4.78 is 32.4. The minimum atomic E-state index is -3.61. The van der Waals surface area contributed by atoms with E-state index < -0.39 is 10.0 Å². The Morgan fingerprint density at radius 3 is 2.71 bits per heavy atom. The van der Waals surface area contributed by atoms with E-state index in [2.05, 4.69) is 9.97 Å². The van der Waals surface area contributed by atoms with E-state index in [1.807, 2.05) is 13.8 Å². The van der Waals surface area contributed by atoms with Gasteiger partial charge in [0.15, 0.2) is 0 Å². The maximum absolute atomic E-state index is 12.8. The average molecular weight is 311 g/mol. The lowest BCUT2D eigenvalue weighted by Gasteiger charge is -2.36. The van der Waals surface area contributed by atoms with Gasteiger partial charge in [0.1, 0.15) is 0 Å². The number of hydrogen-bond acceptors (Lipinski definition) is 4. The zero-order valence-electron chi connectivity index (χ0n) is 11.8. The maximum atomic E-state index is 12.8. The first-order valence-electron chi connectivity index (χ1n) is 6.75. The summed E-state index contributed by atoms with van der Waals surface area (Å²) in [6, 6.07) is 4.35. The Labute approximate surface area is 122 Å². The van der Waals surface area contributed by atoms with Crippen molar-refractivity contribution in [3.05, 3.63) is 28.7 Å². The van der Waals surface area contributed by atoms with Crippen molar-refractivity contribution in [2.75, 3.05) is 13.2 Å². The van der Waals surface area contributed by atoms with Gasteiger partial charge in [0, 0.05) is 12.6 Å². The van der Waals surface area contributed by atoms with Crippen LogP contribution in [0.25, 0.3) is 11.0 Å². The minimum Gasteiger partial charge on any atom is -0.375 e. The molecule has 1 aliphatic heterocycles. The smallest absolute Gasteiger partial charge is 0.323 e. The van der Waals surface area contributed by atoms with Gasteiger partial charge < -0.3 is 14.7 Å². The van der Waals surface area contributed by atoms with Gasteiger partial charge in [-0.05, 0) is 32.0 Å². The molecule has 0 saturated carbocycles. The van der Waals surface area contributed by atoms with Crippen LogP contribution in [0.15, 0.2) is 27.9 Å². The van der Waals surface area contributed by atoms with Crippen LogP contribution in [0.5, 0.6) is 0 Å². The van der Waals surface area contributed by atoms with Crippen LogP contribution in [0.1, 0.15) is 13.8 Å². The lowest BCUT2D eigenvalue weighted by atomic mass is 10.2. The fourth-order valence-corrected chi connectivity index (χ4v) is 4.25. The second kappa shape index (κ2) is 4.97. The van der Waals surface area contributed by atoms with Crippen molar-refractivity contribution >= 4 is 21.1 Å². The molecule has 21 heavy (non-hydrogen) atoms. The van der Waals surface area contributed by atoms with Crippen molar-refractivity contribution in [2.24, 2.45) is 0 Å². The van der Waals surface area contributed by atoms with E-state index in [1.54, 1.807) is 6.07 Å². The Bertz CT molecular complexity index is 823. The third kappa shape index (κ3) is 2.39. The quantitative estimate of drug-likeness (QED) is 0.851. The number of H-pyrrole nitrogens is 2. The summed E-state index contributed by atoms with van der Waals surface area (Å²) >= 11 is 0. The van der Waals surface area contributed by atoms with Gasteiger partial charge in [-0.1, -0.05) is 0 Å². The van der Waals surface area contributed by atoms with Gasteiger partial charge in [-0.25, -0.2) is 13.2 Å². The van der Waals surface area contributed by atoms with E-state index in [0.29, 0.717) is 24.2 Å². The summed E-state index contributed by atoms with van der Waals surface area (Å²) in [6.07, 6.45) is -0.149. The maximum Gasteiger partial charge on any atom is 0.323 e. The molecular weight excluding hydrogens is 294 g/mol. The molecule has 0 bridgehead atoms. The van der Waals surface area contributed by atoms with Gasteiger partial charge >= 0.3 is 5.69 Å². The summed E-state index contributed by atoms with van der Waals surface area (Å²) in [7, 11) is -3.61.